The Hall–Kier alpha value is -3.38. The molecule has 0 bridgehead atoms. The molecule has 3 aromatic carbocycles. The second-order valence-corrected chi connectivity index (χ2v) is 5.56. The van der Waals surface area contributed by atoms with Gasteiger partial charge in [0.05, 0.1) is 0 Å². The predicted octanol–water partition coefficient (Wildman–Crippen LogP) is 4.69. The molecule has 116 valence electrons. The van der Waals surface area contributed by atoms with Crippen molar-refractivity contribution in [2.45, 2.75) is 6.92 Å². The van der Waals surface area contributed by atoms with Gasteiger partial charge < -0.3 is 5.32 Å². The van der Waals surface area contributed by atoms with Crippen molar-refractivity contribution >= 4 is 28.4 Å². The van der Waals surface area contributed by atoms with E-state index >= 15 is 0 Å². The number of hydrogen-bond donors (Lipinski definition) is 1. The van der Waals surface area contributed by atoms with Gasteiger partial charge in [0.25, 0.3) is 5.91 Å². The van der Waals surface area contributed by atoms with Gasteiger partial charge in [-0.3, -0.25) is 4.79 Å². The number of fused-ring (bicyclic) bond motifs is 1. The number of anilines is 1. The van der Waals surface area contributed by atoms with E-state index in [0.29, 0.717) is 5.69 Å². The highest BCUT2D eigenvalue weighted by molar-refractivity contribution is 6.12. The van der Waals surface area contributed by atoms with Crippen LogP contribution in [0.4, 0.5) is 5.69 Å². The van der Waals surface area contributed by atoms with Gasteiger partial charge in [0.1, 0.15) is 11.6 Å². The van der Waals surface area contributed by atoms with E-state index in [-0.39, 0.29) is 5.57 Å². The lowest BCUT2D eigenvalue weighted by molar-refractivity contribution is -0.112. The summed E-state index contributed by atoms with van der Waals surface area (Å²) in [7, 11) is 0. The standard InChI is InChI=1S/C21H16N2O/c1-15-9-11-16(12-10-15)13-18(14-22)21(24)23-20-8-4-6-17-5-2-3-7-19(17)20/h2-13H,1H3,(H,23,24). The summed E-state index contributed by atoms with van der Waals surface area (Å²) in [6.07, 6.45) is 1.60. The monoisotopic (exact) mass is 312 g/mol. The van der Waals surface area contributed by atoms with Crippen molar-refractivity contribution in [3.63, 3.8) is 0 Å². The first-order valence-electron chi connectivity index (χ1n) is 7.65. The predicted molar refractivity (Wildman–Crippen MR) is 97.3 cm³/mol. The number of carbonyl (C=O) groups excluding carboxylic acids is 1. The van der Waals surface area contributed by atoms with Gasteiger partial charge in [0.2, 0.25) is 0 Å². The van der Waals surface area contributed by atoms with Crippen molar-refractivity contribution in [2.75, 3.05) is 5.32 Å². The molecule has 3 heteroatoms. The Labute approximate surface area is 140 Å². The summed E-state index contributed by atoms with van der Waals surface area (Å²) in [6.45, 7) is 1.99. The fraction of sp³-hybridized carbons (Fsp3) is 0.0476. The first-order chi connectivity index (χ1) is 11.7. The molecule has 0 aliphatic rings. The Kier molecular flexibility index (Phi) is 4.40. The highest BCUT2D eigenvalue weighted by atomic mass is 16.1. The third-order valence-electron chi connectivity index (χ3n) is 3.79. The lowest BCUT2D eigenvalue weighted by Gasteiger charge is -2.08. The average molecular weight is 312 g/mol. The van der Waals surface area contributed by atoms with Crippen LogP contribution in [0.25, 0.3) is 16.8 Å². The summed E-state index contributed by atoms with van der Waals surface area (Å²) in [5.74, 6) is -0.408. The molecule has 3 rings (SSSR count). The van der Waals surface area contributed by atoms with Crippen molar-refractivity contribution in [1.82, 2.24) is 0 Å². The number of nitriles is 1. The van der Waals surface area contributed by atoms with Gasteiger partial charge in [0.15, 0.2) is 0 Å². The maximum Gasteiger partial charge on any atom is 0.266 e. The Morgan fingerprint density at radius 3 is 2.46 bits per heavy atom. The van der Waals surface area contributed by atoms with E-state index < -0.39 is 5.91 Å². The van der Waals surface area contributed by atoms with E-state index in [1.54, 1.807) is 6.08 Å². The van der Waals surface area contributed by atoms with Gasteiger partial charge in [-0.2, -0.15) is 5.26 Å². The first kappa shape index (κ1) is 15.5. The van der Waals surface area contributed by atoms with Crippen LogP contribution in [0.5, 0.6) is 0 Å². The molecule has 0 aromatic heterocycles. The van der Waals surface area contributed by atoms with Crippen LogP contribution < -0.4 is 5.32 Å². The Morgan fingerprint density at radius 1 is 1.00 bits per heavy atom. The number of nitrogens with zero attached hydrogens (tertiary/aromatic N) is 1. The molecular formula is C21H16N2O. The van der Waals surface area contributed by atoms with Crippen LogP contribution in [-0.2, 0) is 4.79 Å². The summed E-state index contributed by atoms with van der Waals surface area (Å²) in [6, 6.07) is 23.2. The maximum atomic E-state index is 12.5. The van der Waals surface area contributed by atoms with Crippen molar-refractivity contribution in [3.8, 4) is 6.07 Å². The van der Waals surface area contributed by atoms with Crippen LogP contribution in [0.15, 0.2) is 72.3 Å². The van der Waals surface area contributed by atoms with Crippen LogP contribution >= 0.6 is 0 Å². The van der Waals surface area contributed by atoms with E-state index in [2.05, 4.69) is 5.32 Å². The highest BCUT2D eigenvalue weighted by Gasteiger charge is 2.11. The number of hydrogen-bond acceptors (Lipinski definition) is 2. The Morgan fingerprint density at radius 2 is 1.71 bits per heavy atom. The van der Waals surface area contributed by atoms with Crippen LogP contribution in [-0.4, -0.2) is 5.91 Å². The molecule has 3 aromatic rings. The molecule has 0 atom stereocenters. The summed E-state index contributed by atoms with van der Waals surface area (Å²) >= 11 is 0. The molecule has 3 nitrogen and oxygen atoms in total. The second-order valence-electron chi connectivity index (χ2n) is 5.56. The smallest absolute Gasteiger partial charge is 0.266 e. The summed E-state index contributed by atoms with van der Waals surface area (Å²) in [4.78, 5) is 12.5. The average Bonchev–Trinajstić information content (AvgIpc) is 2.61. The lowest BCUT2D eigenvalue weighted by atomic mass is 10.1. The molecule has 24 heavy (non-hydrogen) atoms. The second kappa shape index (κ2) is 6.80. The molecule has 0 saturated heterocycles. The highest BCUT2D eigenvalue weighted by Crippen LogP contribution is 2.23. The van der Waals surface area contributed by atoms with Gasteiger partial charge >= 0.3 is 0 Å². The molecule has 0 saturated carbocycles. The van der Waals surface area contributed by atoms with Gasteiger partial charge in [-0.15, -0.1) is 0 Å². The zero-order valence-corrected chi connectivity index (χ0v) is 13.3. The molecule has 0 fully saturated rings. The van der Waals surface area contributed by atoms with Gasteiger partial charge in [-0.05, 0) is 30.0 Å². The minimum Gasteiger partial charge on any atom is -0.321 e. The Balaban J connectivity index is 1.89. The molecule has 1 N–H and O–H groups in total. The van der Waals surface area contributed by atoms with E-state index in [1.165, 1.54) is 0 Å². The van der Waals surface area contributed by atoms with Gasteiger partial charge in [-0.1, -0.05) is 66.2 Å². The zero-order valence-electron chi connectivity index (χ0n) is 13.3. The Bertz CT molecular complexity index is 958. The third kappa shape index (κ3) is 3.34. The van der Waals surface area contributed by atoms with E-state index in [9.17, 15) is 10.1 Å². The van der Waals surface area contributed by atoms with Gasteiger partial charge in [0, 0.05) is 11.1 Å². The van der Waals surface area contributed by atoms with Crippen molar-refractivity contribution in [3.05, 3.63) is 83.4 Å². The van der Waals surface area contributed by atoms with Crippen molar-refractivity contribution in [2.24, 2.45) is 0 Å². The van der Waals surface area contributed by atoms with Crippen LogP contribution in [0.1, 0.15) is 11.1 Å². The molecular weight excluding hydrogens is 296 g/mol. The molecule has 0 aliphatic carbocycles. The van der Waals surface area contributed by atoms with Crippen molar-refractivity contribution < 1.29 is 4.79 Å². The molecule has 0 heterocycles. The molecule has 1 amide bonds. The summed E-state index contributed by atoms with van der Waals surface area (Å²) in [5.41, 5.74) is 2.73. The minimum atomic E-state index is -0.408. The quantitative estimate of drug-likeness (QED) is 0.563. The van der Waals surface area contributed by atoms with E-state index in [0.717, 1.165) is 21.9 Å². The summed E-state index contributed by atoms with van der Waals surface area (Å²) < 4.78 is 0. The largest absolute Gasteiger partial charge is 0.321 e. The number of aryl methyl sites for hydroxylation is 1. The maximum absolute atomic E-state index is 12.5. The van der Waals surface area contributed by atoms with Crippen molar-refractivity contribution in [1.29, 1.82) is 5.26 Å². The number of nitrogens with one attached hydrogen (secondary N) is 1. The number of amides is 1. The normalized spacial score (nSPS) is 11.1. The van der Waals surface area contributed by atoms with E-state index in [4.69, 9.17) is 0 Å². The third-order valence-corrected chi connectivity index (χ3v) is 3.79. The number of rotatable bonds is 3. The number of benzene rings is 3. The molecule has 0 radical (unpaired) electrons. The van der Waals surface area contributed by atoms with Crippen LogP contribution in [0, 0.1) is 18.3 Å². The molecule has 0 spiro atoms. The van der Waals surface area contributed by atoms with Crippen LogP contribution in [0.2, 0.25) is 0 Å². The zero-order chi connectivity index (χ0) is 16.9. The fourth-order valence-corrected chi connectivity index (χ4v) is 2.50. The molecule has 0 aliphatic heterocycles. The fourth-order valence-electron chi connectivity index (χ4n) is 2.50. The number of carbonyl (C=O) groups is 1. The molecule has 0 unspecified atom stereocenters. The lowest BCUT2D eigenvalue weighted by Crippen LogP contribution is -2.13. The van der Waals surface area contributed by atoms with Gasteiger partial charge in [-0.25, -0.2) is 0 Å². The minimum absolute atomic E-state index is 0.0757. The summed E-state index contributed by atoms with van der Waals surface area (Å²) in [5, 5.41) is 14.1. The topological polar surface area (TPSA) is 52.9 Å². The SMILES string of the molecule is Cc1ccc(C=C(C#N)C(=O)Nc2cccc3ccccc23)cc1. The first-order valence-corrected chi connectivity index (χ1v) is 7.65. The van der Waals surface area contributed by atoms with Crippen LogP contribution in [0.3, 0.4) is 0 Å². The van der Waals surface area contributed by atoms with E-state index in [1.807, 2.05) is 79.7 Å².